The molecule has 0 amide bonds. The number of methoxy groups -OCH3 is 1. The monoisotopic (exact) mass is 323 g/mol. The molecule has 1 aliphatic rings. The van der Waals surface area contributed by atoms with Crippen molar-refractivity contribution in [2.75, 3.05) is 25.1 Å². The smallest absolute Gasteiger partial charge is 0.157 e. The fourth-order valence-corrected chi connectivity index (χ4v) is 2.98. The number of hydrogen-bond donors (Lipinski definition) is 1. The number of aromatic hydroxyl groups is 1. The van der Waals surface area contributed by atoms with Crippen LogP contribution in [0.1, 0.15) is 34.3 Å². The van der Waals surface area contributed by atoms with Gasteiger partial charge in [-0.1, -0.05) is 24.3 Å². The molecule has 0 bridgehead atoms. The molecule has 3 rings (SSSR count). The van der Waals surface area contributed by atoms with E-state index in [-0.39, 0.29) is 11.3 Å². The van der Waals surface area contributed by atoms with Gasteiger partial charge in [-0.3, -0.25) is 4.79 Å². The van der Waals surface area contributed by atoms with Crippen molar-refractivity contribution in [1.82, 2.24) is 0 Å². The minimum atomic E-state index is -0.0756. The Morgan fingerprint density at radius 1 is 1.04 bits per heavy atom. The molecule has 1 fully saturated rings. The lowest BCUT2D eigenvalue weighted by atomic mass is 10.1. The summed E-state index contributed by atoms with van der Waals surface area (Å²) in [6.45, 7) is 2.27. The standard InChI is InChI=1S/C20H21NO3/c1-24-20-13-16(12-19(23)18(20)14-22)5-4-15-6-8-17(9-7-15)21-10-2-3-11-21/h4-9,12-14,23H,2-3,10-11H2,1H3/b5-4+. The topological polar surface area (TPSA) is 49.8 Å². The highest BCUT2D eigenvalue weighted by Crippen LogP contribution is 2.29. The molecule has 0 spiro atoms. The van der Waals surface area contributed by atoms with E-state index in [0.29, 0.717) is 12.0 Å². The van der Waals surface area contributed by atoms with Gasteiger partial charge < -0.3 is 14.7 Å². The van der Waals surface area contributed by atoms with E-state index in [2.05, 4.69) is 29.2 Å². The number of benzene rings is 2. The Balaban J connectivity index is 1.78. The number of carbonyl (C=O) groups excluding carboxylic acids is 1. The van der Waals surface area contributed by atoms with Gasteiger partial charge in [-0.25, -0.2) is 0 Å². The summed E-state index contributed by atoms with van der Waals surface area (Å²) in [5.74, 6) is 0.294. The second-order valence-corrected chi connectivity index (χ2v) is 5.89. The van der Waals surface area contributed by atoms with E-state index >= 15 is 0 Å². The average Bonchev–Trinajstić information content (AvgIpc) is 3.14. The minimum absolute atomic E-state index is 0.0756. The first-order valence-corrected chi connectivity index (χ1v) is 8.10. The van der Waals surface area contributed by atoms with Gasteiger partial charge in [-0.2, -0.15) is 0 Å². The predicted octanol–water partition coefficient (Wildman–Crippen LogP) is 3.98. The Hall–Kier alpha value is -2.75. The van der Waals surface area contributed by atoms with Gasteiger partial charge in [0.2, 0.25) is 0 Å². The summed E-state index contributed by atoms with van der Waals surface area (Å²) in [5.41, 5.74) is 3.29. The molecule has 0 saturated carbocycles. The first kappa shape index (κ1) is 16.1. The lowest BCUT2D eigenvalue weighted by Gasteiger charge is -2.17. The van der Waals surface area contributed by atoms with Crippen molar-refractivity contribution in [1.29, 1.82) is 0 Å². The summed E-state index contributed by atoms with van der Waals surface area (Å²) in [6, 6.07) is 11.7. The third-order valence-corrected chi connectivity index (χ3v) is 4.31. The Labute approximate surface area is 142 Å². The first-order chi connectivity index (χ1) is 11.7. The molecule has 0 aliphatic carbocycles. The lowest BCUT2D eigenvalue weighted by molar-refractivity contribution is 0.111. The molecule has 0 radical (unpaired) electrons. The van der Waals surface area contributed by atoms with Crippen LogP contribution in [0.4, 0.5) is 5.69 Å². The zero-order valence-corrected chi connectivity index (χ0v) is 13.7. The molecule has 2 aromatic carbocycles. The number of phenols is 1. The molecule has 1 heterocycles. The third kappa shape index (κ3) is 3.43. The van der Waals surface area contributed by atoms with Crippen LogP contribution in [0.25, 0.3) is 12.2 Å². The van der Waals surface area contributed by atoms with Crippen LogP contribution < -0.4 is 9.64 Å². The maximum atomic E-state index is 11.0. The summed E-state index contributed by atoms with van der Waals surface area (Å²) < 4.78 is 5.15. The molecule has 1 N–H and O–H groups in total. The molecule has 0 atom stereocenters. The van der Waals surface area contributed by atoms with Crippen LogP contribution in [0.2, 0.25) is 0 Å². The number of nitrogens with zero attached hydrogens (tertiary/aromatic N) is 1. The summed E-state index contributed by atoms with van der Waals surface area (Å²) in [5, 5.41) is 9.91. The number of ether oxygens (including phenoxy) is 1. The number of phenolic OH excluding ortho intramolecular Hbond substituents is 1. The van der Waals surface area contributed by atoms with Crippen LogP contribution in [-0.4, -0.2) is 31.6 Å². The number of anilines is 1. The maximum Gasteiger partial charge on any atom is 0.157 e. The third-order valence-electron chi connectivity index (χ3n) is 4.31. The van der Waals surface area contributed by atoms with Crippen molar-refractivity contribution in [2.24, 2.45) is 0 Å². The highest BCUT2D eigenvalue weighted by Gasteiger charge is 2.11. The summed E-state index contributed by atoms with van der Waals surface area (Å²) >= 11 is 0. The number of rotatable bonds is 5. The molecular weight excluding hydrogens is 302 g/mol. The van der Waals surface area contributed by atoms with E-state index < -0.39 is 0 Å². The van der Waals surface area contributed by atoms with E-state index in [1.165, 1.54) is 25.6 Å². The molecule has 0 aromatic heterocycles. The second kappa shape index (κ2) is 7.21. The van der Waals surface area contributed by atoms with Crippen molar-refractivity contribution in [3.05, 3.63) is 53.1 Å². The fraction of sp³-hybridized carbons (Fsp3) is 0.250. The summed E-state index contributed by atoms with van der Waals surface area (Å²) in [6.07, 6.45) is 7.00. The van der Waals surface area contributed by atoms with Gasteiger partial charge in [0.1, 0.15) is 11.5 Å². The van der Waals surface area contributed by atoms with Gasteiger partial charge in [0, 0.05) is 18.8 Å². The number of carbonyl (C=O) groups is 1. The van der Waals surface area contributed by atoms with Gasteiger partial charge >= 0.3 is 0 Å². The molecule has 0 unspecified atom stereocenters. The SMILES string of the molecule is COc1cc(/C=C/c2ccc(N3CCCC3)cc2)cc(O)c1C=O. The van der Waals surface area contributed by atoms with Crippen molar-refractivity contribution >= 4 is 24.1 Å². The van der Waals surface area contributed by atoms with Crippen LogP contribution >= 0.6 is 0 Å². The number of aldehydes is 1. The normalized spacial score (nSPS) is 14.3. The molecule has 2 aromatic rings. The van der Waals surface area contributed by atoms with Crippen molar-refractivity contribution in [2.45, 2.75) is 12.8 Å². The lowest BCUT2D eigenvalue weighted by Crippen LogP contribution is -2.17. The second-order valence-electron chi connectivity index (χ2n) is 5.89. The van der Waals surface area contributed by atoms with E-state index in [1.807, 2.05) is 12.2 Å². The highest BCUT2D eigenvalue weighted by molar-refractivity contribution is 5.85. The van der Waals surface area contributed by atoms with Gasteiger partial charge in [-0.05, 0) is 48.2 Å². The molecule has 4 nitrogen and oxygen atoms in total. The highest BCUT2D eigenvalue weighted by atomic mass is 16.5. The quantitative estimate of drug-likeness (QED) is 0.668. The minimum Gasteiger partial charge on any atom is -0.507 e. The van der Waals surface area contributed by atoms with Gasteiger partial charge in [-0.15, -0.1) is 0 Å². The van der Waals surface area contributed by atoms with Gasteiger partial charge in [0.15, 0.2) is 6.29 Å². The van der Waals surface area contributed by atoms with Crippen LogP contribution in [0, 0.1) is 0 Å². The average molecular weight is 323 g/mol. The molecule has 24 heavy (non-hydrogen) atoms. The van der Waals surface area contributed by atoms with Gasteiger partial charge in [0.05, 0.1) is 12.7 Å². The maximum absolute atomic E-state index is 11.0. The van der Waals surface area contributed by atoms with Crippen molar-refractivity contribution in [3.63, 3.8) is 0 Å². The predicted molar refractivity (Wildman–Crippen MR) is 96.9 cm³/mol. The van der Waals surface area contributed by atoms with Crippen LogP contribution in [0.15, 0.2) is 36.4 Å². The molecule has 4 heteroatoms. The zero-order valence-electron chi connectivity index (χ0n) is 13.7. The van der Waals surface area contributed by atoms with Crippen LogP contribution in [0.5, 0.6) is 11.5 Å². The summed E-state index contributed by atoms with van der Waals surface area (Å²) in [7, 11) is 1.48. The Bertz CT molecular complexity index is 744. The zero-order chi connectivity index (χ0) is 16.9. The molecule has 124 valence electrons. The van der Waals surface area contributed by atoms with Crippen LogP contribution in [0.3, 0.4) is 0 Å². The van der Waals surface area contributed by atoms with E-state index in [1.54, 1.807) is 12.1 Å². The van der Waals surface area contributed by atoms with Crippen molar-refractivity contribution < 1.29 is 14.6 Å². The Morgan fingerprint density at radius 3 is 2.33 bits per heavy atom. The van der Waals surface area contributed by atoms with Gasteiger partial charge in [0.25, 0.3) is 0 Å². The Kier molecular flexibility index (Phi) is 4.85. The van der Waals surface area contributed by atoms with E-state index in [9.17, 15) is 9.90 Å². The molecular formula is C20H21NO3. The molecule has 1 saturated heterocycles. The Morgan fingerprint density at radius 2 is 1.71 bits per heavy atom. The van der Waals surface area contributed by atoms with E-state index in [0.717, 1.165) is 24.2 Å². The van der Waals surface area contributed by atoms with E-state index in [4.69, 9.17) is 4.74 Å². The van der Waals surface area contributed by atoms with Crippen LogP contribution in [-0.2, 0) is 0 Å². The number of hydrogen-bond acceptors (Lipinski definition) is 4. The fourth-order valence-electron chi connectivity index (χ4n) is 2.98. The largest absolute Gasteiger partial charge is 0.507 e. The molecule has 1 aliphatic heterocycles. The first-order valence-electron chi connectivity index (χ1n) is 8.10. The van der Waals surface area contributed by atoms with Crippen molar-refractivity contribution in [3.8, 4) is 11.5 Å². The summed E-state index contributed by atoms with van der Waals surface area (Å²) in [4.78, 5) is 13.4.